The molecular weight excluding hydrogens is 362 g/mol. The van der Waals surface area contributed by atoms with Crippen molar-refractivity contribution in [3.63, 3.8) is 0 Å². The first-order valence-electron chi connectivity index (χ1n) is 10.0. The molecule has 0 aliphatic carbocycles. The van der Waals surface area contributed by atoms with Gasteiger partial charge in [0.1, 0.15) is 5.75 Å². The van der Waals surface area contributed by atoms with E-state index < -0.39 is 6.10 Å². The predicted octanol–water partition coefficient (Wildman–Crippen LogP) is 4.45. The molecule has 3 aromatic rings. The SMILES string of the molecule is Cc1cc(OC(C)C(=O)NCc2cccc(Cn3cccn3)c2)ccc1C(C)C. The van der Waals surface area contributed by atoms with Crippen LogP contribution in [0.5, 0.6) is 5.75 Å². The summed E-state index contributed by atoms with van der Waals surface area (Å²) < 4.78 is 7.73. The lowest BCUT2D eigenvalue weighted by atomic mass is 9.98. The monoisotopic (exact) mass is 391 g/mol. The molecular formula is C24H29N3O2. The average molecular weight is 392 g/mol. The minimum Gasteiger partial charge on any atom is -0.481 e. The number of carbonyl (C=O) groups is 1. The topological polar surface area (TPSA) is 56.1 Å². The van der Waals surface area contributed by atoms with Gasteiger partial charge in [0.2, 0.25) is 0 Å². The molecule has 0 bridgehead atoms. The van der Waals surface area contributed by atoms with Crippen molar-refractivity contribution in [2.45, 2.75) is 52.8 Å². The third-order valence-electron chi connectivity index (χ3n) is 4.91. The van der Waals surface area contributed by atoms with Crippen molar-refractivity contribution in [1.82, 2.24) is 15.1 Å². The molecule has 1 atom stereocenters. The molecule has 1 aromatic heterocycles. The maximum absolute atomic E-state index is 12.5. The van der Waals surface area contributed by atoms with Gasteiger partial charge in [-0.25, -0.2) is 0 Å². The summed E-state index contributed by atoms with van der Waals surface area (Å²) in [6.07, 6.45) is 3.14. The van der Waals surface area contributed by atoms with Crippen molar-refractivity contribution >= 4 is 5.91 Å². The molecule has 0 saturated carbocycles. The molecule has 29 heavy (non-hydrogen) atoms. The Kier molecular flexibility index (Phi) is 6.70. The molecule has 1 unspecified atom stereocenters. The second-order valence-electron chi connectivity index (χ2n) is 7.67. The summed E-state index contributed by atoms with van der Waals surface area (Å²) in [6.45, 7) is 9.36. The Hall–Kier alpha value is -3.08. The van der Waals surface area contributed by atoms with Crippen LogP contribution in [0.2, 0.25) is 0 Å². The van der Waals surface area contributed by atoms with Gasteiger partial charge in [0, 0.05) is 18.9 Å². The fourth-order valence-electron chi connectivity index (χ4n) is 3.38. The molecule has 5 heteroatoms. The summed E-state index contributed by atoms with van der Waals surface area (Å²) >= 11 is 0. The van der Waals surface area contributed by atoms with Gasteiger partial charge in [-0.05, 0) is 60.2 Å². The summed E-state index contributed by atoms with van der Waals surface area (Å²) in [5, 5.41) is 7.19. The minimum absolute atomic E-state index is 0.131. The zero-order valence-corrected chi connectivity index (χ0v) is 17.6. The van der Waals surface area contributed by atoms with Crippen molar-refractivity contribution < 1.29 is 9.53 Å². The van der Waals surface area contributed by atoms with Gasteiger partial charge in [0.15, 0.2) is 6.10 Å². The Labute approximate surface area is 172 Å². The van der Waals surface area contributed by atoms with E-state index in [1.165, 1.54) is 11.1 Å². The number of hydrogen-bond acceptors (Lipinski definition) is 3. The Balaban J connectivity index is 1.54. The van der Waals surface area contributed by atoms with Gasteiger partial charge >= 0.3 is 0 Å². The van der Waals surface area contributed by atoms with Crippen LogP contribution in [0.25, 0.3) is 0 Å². The van der Waals surface area contributed by atoms with Crippen LogP contribution in [0.4, 0.5) is 0 Å². The largest absolute Gasteiger partial charge is 0.481 e. The molecule has 0 fully saturated rings. The Morgan fingerprint density at radius 1 is 1.10 bits per heavy atom. The van der Waals surface area contributed by atoms with E-state index in [2.05, 4.69) is 49.4 Å². The molecule has 1 amide bonds. The second kappa shape index (κ2) is 9.41. The molecule has 0 spiro atoms. The lowest BCUT2D eigenvalue weighted by molar-refractivity contribution is -0.127. The molecule has 1 N–H and O–H groups in total. The van der Waals surface area contributed by atoms with Crippen molar-refractivity contribution in [2.75, 3.05) is 0 Å². The van der Waals surface area contributed by atoms with Gasteiger partial charge < -0.3 is 10.1 Å². The quantitative estimate of drug-likeness (QED) is 0.617. The van der Waals surface area contributed by atoms with E-state index in [4.69, 9.17) is 4.74 Å². The van der Waals surface area contributed by atoms with Crippen LogP contribution in [0.1, 0.15) is 48.9 Å². The lowest BCUT2D eigenvalue weighted by Crippen LogP contribution is -2.35. The smallest absolute Gasteiger partial charge is 0.261 e. The lowest BCUT2D eigenvalue weighted by Gasteiger charge is -2.17. The van der Waals surface area contributed by atoms with Crippen LogP contribution in [0, 0.1) is 6.92 Å². The van der Waals surface area contributed by atoms with Gasteiger partial charge in [-0.2, -0.15) is 5.10 Å². The van der Waals surface area contributed by atoms with Crippen LogP contribution in [0.3, 0.4) is 0 Å². The molecule has 152 valence electrons. The number of hydrogen-bond donors (Lipinski definition) is 1. The Morgan fingerprint density at radius 2 is 1.90 bits per heavy atom. The number of rotatable bonds is 8. The second-order valence-corrected chi connectivity index (χ2v) is 7.67. The normalized spacial score (nSPS) is 12.0. The number of nitrogens with zero attached hydrogens (tertiary/aromatic N) is 2. The highest BCUT2D eigenvalue weighted by atomic mass is 16.5. The van der Waals surface area contributed by atoms with E-state index in [1.807, 2.05) is 41.2 Å². The van der Waals surface area contributed by atoms with E-state index in [0.29, 0.717) is 19.0 Å². The number of benzene rings is 2. The number of nitrogens with one attached hydrogen (secondary N) is 1. The maximum Gasteiger partial charge on any atom is 0.261 e. The Bertz CT molecular complexity index is 949. The van der Waals surface area contributed by atoms with Gasteiger partial charge in [0.25, 0.3) is 5.91 Å². The molecule has 2 aromatic carbocycles. The van der Waals surface area contributed by atoms with Crippen LogP contribution >= 0.6 is 0 Å². The van der Waals surface area contributed by atoms with Gasteiger partial charge in [-0.15, -0.1) is 0 Å². The van der Waals surface area contributed by atoms with E-state index >= 15 is 0 Å². The van der Waals surface area contributed by atoms with Crippen molar-refractivity contribution in [2.24, 2.45) is 0 Å². The first kappa shape index (κ1) is 20.6. The predicted molar refractivity (Wildman–Crippen MR) is 115 cm³/mol. The van der Waals surface area contributed by atoms with Gasteiger partial charge in [-0.3, -0.25) is 9.48 Å². The first-order chi connectivity index (χ1) is 13.9. The van der Waals surface area contributed by atoms with Crippen molar-refractivity contribution in [3.05, 3.63) is 83.2 Å². The van der Waals surface area contributed by atoms with Crippen LogP contribution < -0.4 is 10.1 Å². The molecule has 0 saturated heterocycles. The molecule has 5 nitrogen and oxygen atoms in total. The number of aromatic nitrogens is 2. The number of aryl methyl sites for hydroxylation is 1. The zero-order valence-electron chi connectivity index (χ0n) is 17.6. The van der Waals surface area contributed by atoms with Gasteiger partial charge in [-0.1, -0.05) is 44.2 Å². The highest BCUT2D eigenvalue weighted by molar-refractivity contribution is 5.80. The van der Waals surface area contributed by atoms with E-state index in [1.54, 1.807) is 13.1 Å². The summed E-state index contributed by atoms with van der Waals surface area (Å²) in [7, 11) is 0. The van der Waals surface area contributed by atoms with Crippen molar-refractivity contribution in [1.29, 1.82) is 0 Å². The molecule has 3 rings (SSSR count). The summed E-state index contributed by atoms with van der Waals surface area (Å²) in [6, 6.07) is 16.1. The summed E-state index contributed by atoms with van der Waals surface area (Å²) in [5.41, 5.74) is 4.67. The summed E-state index contributed by atoms with van der Waals surface area (Å²) in [4.78, 5) is 12.5. The fourth-order valence-corrected chi connectivity index (χ4v) is 3.38. The van der Waals surface area contributed by atoms with Crippen LogP contribution in [-0.2, 0) is 17.9 Å². The van der Waals surface area contributed by atoms with Crippen LogP contribution in [-0.4, -0.2) is 21.8 Å². The Morgan fingerprint density at radius 3 is 2.59 bits per heavy atom. The van der Waals surface area contributed by atoms with Crippen molar-refractivity contribution in [3.8, 4) is 5.75 Å². The first-order valence-corrected chi connectivity index (χ1v) is 10.0. The molecule has 1 heterocycles. The number of ether oxygens (including phenoxy) is 1. The van der Waals surface area contributed by atoms with E-state index in [-0.39, 0.29) is 5.91 Å². The molecule has 0 aliphatic heterocycles. The highest BCUT2D eigenvalue weighted by Crippen LogP contribution is 2.24. The van der Waals surface area contributed by atoms with Gasteiger partial charge in [0.05, 0.1) is 6.54 Å². The summed E-state index contributed by atoms with van der Waals surface area (Å²) in [5.74, 6) is 1.05. The third kappa shape index (κ3) is 5.70. The highest BCUT2D eigenvalue weighted by Gasteiger charge is 2.15. The average Bonchev–Trinajstić information content (AvgIpc) is 3.19. The van der Waals surface area contributed by atoms with E-state index in [9.17, 15) is 4.79 Å². The standard InChI is InChI=1S/C24H29N3O2/c1-17(2)23-10-9-22(13-18(23)3)29-19(4)24(28)25-15-20-7-5-8-21(14-20)16-27-12-6-11-26-27/h5-14,17,19H,15-16H2,1-4H3,(H,25,28). The number of amides is 1. The third-order valence-corrected chi connectivity index (χ3v) is 4.91. The minimum atomic E-state index is -0.563. The number of carbonyl (C=O) groups excluding carboxylic acids is 1. The van der Waals surface area contributed by atoms with E-state index in [0.717, 1.165) is 16.9 Å². The fraction of sp³-hybridized carbons (Fsp3) is 0.333. The van der Waals surface area contributed by atoms with Crippen LogP contribution in [0.15, 0.2) is 60.9 Å². The molecule has 0 aliphatic rings. The maximum atomic E-state index is 12.5. The zero-order chi connectivity index (χ0) is 20.8. The molecule has 0 radical (unpaired) electrons.